The topological polar surface area (TPSA) is 92.8 Å². The van der Waals surface area contributed by atoms with Crippen LogP contribution in [0.5, 0.6) is 5.88 Å². The summed E-state index contributed by atoms with van der Waals surface area (Å²) in [6, 6.07) is 11.2. The van der Waals surface area contributed by atoms with Crippen molar-refractivity contribution in [1.29, 1.82) is 0 Å². The molecule has 0 bridgehead atoms. The summed E-state index contributed by atoms with van der Waals surface area (Å²) < 4.78 is 5.29. The van der Waals surface area contributed by atoms with E-state index in [1.807, 2.05) is 37.3 Å². The van der Waals surface area contributed by atoms with Crippen LogP contribution in [0.15, 0.2) is 47.8 Å². The summed E-state index contributed by atoms with van der Waals surface area (Å²) in [5, 5.41) is 14.9. The summed E-state index contributed by atoms with van der Waals surface area (Å²) in [5.41, 5.74) is 8.17. The minimum absolute atomic E-state index is 0.0968. The van der Waals surface area contributed by atoms with E-state index in [2.05, 4.69) is 15.5 Å². The van der Waals surface area contributed by atoms with Gasteiger partial charge in [0.25, 0.3) is 0 Å². The summed E-state index contributed by atoms with van der Waals surface area (Å²) in [6.07, 6.45) is 1.72. The molecule has 0 radical (unpaired) electrons. The lowest BCUT2D eigenvalue weighted by Crippen LogP contribution is -2.13. The average Bonchev–Trinajstić information content (AvgIpc) is 2.54. The Bertz CT molecular complexity index is 611. The van der Waals surface area contributed by atoms with E-state index in [0.29, 0.717) is 24.6 Å². The standard InChI is InChI=1S/C15H18N4O2/c1-2-21-14-7-6-13(10-18-14)17-9-11-4-3-5-12(8-11)15(16)19-20/h3-8,10,17,20H,2,9H2,1H3,(H2,16,19). The van der Waals surface area contributed by atoms with Gasteiger partial charge in [0.2, 0.25) is 5.88 Å². The molecule has 110 valence electrons. The van der Waals surface area contributed by atoms with Crippen LogP contribution in [0.25, 0.3) is 0 Å². The van der Waals surface area contributed by atoms with Crippen LogP contribution >= 0.6 is 0 Å². The van der Waals surface area contributed by atoms with Crippen LogP contribution < -0.4 is 15.8 Å². The number of anilines is 1. The van der Waals surface area contributed by atoms with Crippen LogP contribution in [-0.2, 0) is 6.54 Å². The molecule has 2 aromatic rings. The number of benzene rings is 1. The number of rotatable bonds is 6. The molecule has 0 fully saturated rings. The number of aromatic nitrogens is 1. The lowest BCUT2D eigenvalue weighted by molar-refractivity contribution is 0.318. The third-order valence-electron chi connectivity index (χ3n) is 2.86. The number of pyridine rings is 1. The molecule has 0 aliphatic rings. The Morgan fingerprint density at radius 2 is 2.24 bits per heavy atom. The summed E-state index contributed by atoms with van der Waals surface area (Å²) in [6.45, 7) is 3.13. The highest BCUT2D eigenvalue weighted by Crippen LogP contribution is 2.13. The van der Waals surface area contributed by atoms with Gasteiger partial charge in [0.15, 0.2) is 5.84 Å². The minimum atomic E-state index is 0.0968. The van der Waals surface area contributed by atoms with Crippen LogP contribution in [0.4, 0.5) is 5.69 Å². The highest BCUT2D eigenvalue weighted by atomic mass is 16.5. The molecule has 1 aromatic carbocycles. The molecule has 0 aliphatic carbocycles. The molecule has 21 heavy (non-hydrogen) atoms. The molecule has 0 atom stereocenters. The van der Waals surface area contributed by atoms with Crippen LogP contribution in [-0.4, -0.2) is 22.6 Å². The average molecular weight is 286 g/mol. The van der Waals surface area contributed by atoms with Crippen molar-refractivity contribution in [2.24, 2.45) is 10.9 Å². The van der Waals surface area contributed by atoms with Gasteiger partial charge in [0, 0.05) is 18.2 Å². The van der Waals surface area contributed by atoms with Gasteiger partial charge in [-0.1, -0.05) is 23.4 Å². The van der Waals surface area contributed by atoms with Crippen molar-refractivity contribution in [2.45, 2.75) is 13.5 Å². The van der Waals surface area contributed by atoms with E-state index in [9.17, 15) is 0 Å². The number of oxime groups is 1. The SMILES string of the molecule is CCOc1ccc(NCc2cccc(/C(N)=N/O)c2)cn1. The lowest BCUT2D eigenvalue weighted by Gasteiger charge is -2.08. The largest absolute Gasteiger partial charge is 0.478 e. The maximum Gasteiger partial charge on any atom is 0.213 e. The fourth-order valence-electron chi connectivity index (χ4n) is 1.82. The number of hydrogen-bond donors (Lipinski definition) is 3. The molecule has 6 heteroatoms. The first-order chi connectivity index (χ1) is 10.2. The number of nitrogens with one attached hydrogen (secondary N) is 1. The van der Waals surface area contributed by atoms with Gasteiger partial charge in [0.1, 0.15) is 0 Å². The van der Waals surface area contributed by atoms with Crippen molar-refractivity contribution >= 4 is 11.5 Å². The molecule has 1 heterocycles. The first kappa shape index (κ1) is 14.6. The summed E-state index contributed by atoms with van der Waals surface area (Å²) in [4.78, 5) is 4.18. The predicted octanol–water partition coefficient (Wildman–Crippen LogP) is 2.19. The Hall–Kier alpha value is -2.76. The summed E-state index contributed by atoms with van der Waals surface area (Å²) >= 11 is 0. The number of amidine groups is 1. The van der Waals surface area contributed by atoms with Crippen LogP contribution in [0.2, 0.25) is 0 Å². The van der Waals surface area contributed by atoms with Gasteiger partial charge in [-0.15, -0.1) is 0 Å². The zero-order valence-corrected chi connectivity index (χ0v) is 11.8. The van der Waals surface area contributed by atoms with Crippen molar-refractivity contribution in [2.75, 3.05) is 11.9 Å². The highest BCUT2D eigenvalue weighted by Gasteiger charge is 2.01. The molecular weight excluding hydrogens is 268 g/mol. The van der Waals surface area contributed by atoms with E-state index < -0.39 is 0 Å². The van der Waals surface area contributed by atoms with Gasteiger partial charge in [-0.2, -0.15) is 0 Å². The molecule has 0 saturated heterocycles. The fourth-order valence-corrected chi connectivity index (χ4v) is 1.82. The predicted molar refractivity (Wildman–Crippen MR) is 81.7 cm³/mol. The van der Waals surface area contributed by atoms with E-state index in [0.717, 1.165) is 11.3 Å². The Morgan fingerprint density at radius 1 is 1.38 bits per heavy atom. The van der Waals surface area contributed by atoms with Gasteiger partial charge in [-0.25, -0.2) is 4.98 Å². The Morgan fingerprint density at radius 3 is 2.90 bits per heavy atom. The van der Waals surface area contributed by atoms with Gasteiger partial charge in [-0.05, 0) is 24.6 Å². The Kier molecular flexibility index (Phi) is 4.98. The molecule has 2 rings (SSSR count). The maximum atomic E-state index is 8.68. The molecule has 4 N–H and O–H groups in total. The molecule has 0 unspecified atom stereocenters. The van der Waals surface area contributed by atoms with E-state index in [4.69, 9.17) is 15.7 Å². The first-order valence-corrected chi connectivity index (χ1v) is 6.62. The maximum absolute atomic E-state index is 8.68. The van der Waals surface area contributed by atoms with Crippen molar-refractivity contribution in [3.63, 3.8) is 0 Å². The third kappa shape index (κ3) is 4.10. The molecule has 0 spiro atoms. The van der Waals surface area contributed by atoms with Gasteiger partial charge in [0.05, 0.1) is 18.5 Å². The molecule has 0 saturated carbocycles. The first-order valence-electron chi connectivity index (χ1n) is 6.62. The summed E-state index contributed by atoms with van der Waals surface area (Å²) in [5.74, 6) is 0.705. The molecule has 1 aromatic heterocycles. The normalized spacial score (nSPS) is 11.2. The fraction of sp³-hybridized carbons (Fsp3) is 0.200. The molecule has 0 amide bonds. The monoisotopic (exact) mass is 286 g/mol. The smallest absolute Gasteiger partial charge is 0.213 e. The van der Waals surface area contributed by atoms with Gasteiger partial charge >= 0.3 is 0 Å². The Balaban J connectivity index is 1.99. The van der Waals surface area contributed by atoms with Gasteiger partial charge < -0.3 is 21.0 Å². The molecule has 6 nitrogen and oxygen atoms in total. The quantitative estimate of drug-likeness (QED) is 0.327. The Labute approximate surface area is 123 Å². The lowest BCUT2D eigenvalue weighted by atomic mass is 10.1. The van der Waals surface area contributed by atoms with Crippen LogP contribution in [0.3, 0.4) is 0 Å². The number of nitrogens with zero attached hydrogens (tertiary/aromatic N) is 2. The van der Waals surface area contributed by atoms with E-state index >= 15 is 0 Å². The zero-order valence-electron chi connectivity index (χ0n) is 11.8. The van der Waals surface area contributed by atoms with Crippen LogP contribution in [0.1, 0.15) is 18.1 Å². The number of nitrogens with two attached hydrogens (primary N) is 1. The van der Waals surface area contributed by atoms with E-state index in [1.165, 1.54) is 0 Å². The summed E-state index contributed by atoms with van der Waals surface area (Å²) in [7, 11) is 0. The van der Waals surface area contributed by atoms with Crippen molar-refractivity contribution in [3.05, 3.63) is 53.7 Å². The van der Waals surface area contributed by atoms with E-state index in [-0.39, 0.29) is 5.84 Å². The zero-order chi connectivity index (χ0) is 15.1. The second-order valence-electron chi connectivity index (χ2n) is 4.36. The van der Waals surface area contributed by atoms with E-state index in [1.54, 1.807) is 12.3 Å². The second kappa shape index (κ2) is 7.14. The van der Waals surface area contributed by atoms with Crippen molar-refractivity contribution in [3.8, 4) is 5.88 Å². The second-order valence-corrected chi connectivity index (χ2v) is 4.36. The minimum Gasteiger partial charge on any atom is -0.478 e. The number of ether oxygens (including phenoxy) is 1. The van der Waals surface area contributed by atoms with Crippen molar-refractivity contribution < 1.29 is 9.94 Å². The third-order valence-corrected chi connectivity index (χ3v) is 2.86. The van der Waals surface area contributed by atoms with Crippen LogP contribution in [0, 0.1) is 0 Å². The van der Waals surface area contributed by atoms with Gasteiger partial charge in [-0.3, -0.25) is 0 Å². The number of hydrogen-bond acceptors (Lipinski definition) is 5. The molecule has 0 aliphatic heterocycles. The molecular formula is C15H18N4O2. The highest BCUT2D eigenvalue weighted by molar-refractivity contribution is 5.97. The van der Waals surface area contributed by atoms with Crippen molar-refractivity contribution in [1.82, 2.24) is 4.98 Å².